The number of Topliss-reactive ketones (excluding diaryl/α,β-unsaturated/α-hetero) is 1. The molecule has 1 amide bonds. The standard InChI is InChI=1S/C22H31N3O2S/c1-4-23-22(27)18-7-5-10-24(14-18)15-21(26)20-13-16(2)25(17(20)3)11-9-19-8-6-12-28-19/h6,8,12-13,18H,4-5,7,9-11,14-15H2,1-3H3,(H,23,27). The summed E-state index contributed by atoms with van der Waals surface area (Å²) in [7, 11) is 0. The molecule has 0 radical (unpaired) electrons. The van der Waals surface area contributed by atoms with Crippen molar-refractivity contribution in [2.45, 2.75) is 46.6 Å². The Bertz CT molecular complexity index is 810. The van der Waals surface area contributed by atoms with E-state index in [1.54, 1.807) is 11.3 Å². The normalized spacial score (nSPS) is 17.6. The maximum Gasteiger partial charge on any atom is 0.224 e. The molecule has 0 aliphatic carbocycles. The van der Waals surface area contributed by atoms with Gasteiger partial charge in [0.2, 0.25) is 5.91 Å². The van der Waals surface area contributed by atoms with Gasteiger partial charge in [-0.3, -0.25) is 14.5 Å². The van der Waals surface area contributed by atoms with Crippen molar-refractivity contribution in [3.05, 3.63) is 45.4 Å². The van der Waals surface area contributed by atoms with E-state index in [-0.39, 0.29) is 17.6 Å². The zero-order valence-corrected chi connectivity index (χ0v) is 18.0. The van der Waals surface area contributed by atoms with E-state index in [1.807, 2.05) is 19.9 Å². The van der Waals surface area contributed by atoms with Crippen molar-refractivity contribution in [2.75, 3.05) is 26.2 Å². The number of nitrogens with zero attached hydrogens (tertiary/aromatic N) is 2. The van der Waals surface area contributed by atoms with Gasteiger partial charge in [-0.2, -0.15) is 0 Å². The molecule has 1 atom stereocenters. The zero-order valence-electron chi connectivity index (χ0n) is 17.2. The number of rotatable bonds is 8. The number of aromatic nitrogens is 1. The fourth-order valence-corrected chi connectivity index (χ4v) is 4.82. The first-order valence-electron chi connectivity index (χ1n) is 10.2. The van der Waals surface area contributed by atoms with Gasteiger partial charge in [0.15, 0.2) is 5.78 Å². The molecule has 3 rings (SSSR count). The topological polar surface area (TPSA) is 54.3 Å². The number of aryl methyl sites for hydroxylation is 2. The monoisotopic (exact) mass is 401 g/mol. The lowest BCUT2D eigenvalue weighted by Gasteiger charge is -2.31. The van der Waals surface area contributed by atoms with E-state index in [0.717, 1.165) is 49.3 Å². The molecule has 0 bridgehead atoms. The van der Waals surface area contributed by atoms with Crippen LogP contribution < -0.4 is 5.32 Å². The van der Waals surface area contributed by atoms with Gasteiger partial charge in [0, 0.05) is 41.5 Å². The van der Waals surface area contributed by atoms with Gasteiger partial charge in [0.05, 0.1) is 12.5 Å². The van der Waals surface area contributed by atoms with Gasteiger partial charge >= 0.3 is 0 Å². The summed E-state index contributed by atoms with van der Waals surface area (Å²) in [6, 6.07) is 6.26. The van der Waals surface area contributed by atoms with Crippen LogP contribution in [-0.2, 0) is 17.8 Å². The van der Waals surface area contributed by atoms with Crippen LogP contribution in [0.2, 0.25) is 0 Å². The molecule has 152 valence electrons. The number of ketones is 1. The maximum atomic E-state index is 13.0. The van der Waals surface area contributed by atoms with Crippen molar-refractivity contribution in [1.82, 2.24) is 14.8 Å². The molecule has 0 aromatic carbocycles. The molecule has 1 N–H and O–H groups in total. The minimum atomic E-state index is -0.000253. The SMILES string of the molecule is CCNC(=O)C1CCCN(CC(=O)c2cc(C)n(CCc3cccs3)c2C)C1. The molecule has 28 heavy (non-hydrogen) atoms. The molecule has 1 fully saturated rings. The van der Waals surface area contributed by atoms with Crippen molar-refractivity contribution in [1.29, 1.82) is 0 Å². The number of hydrogen-bond acceptors (Lipinski definition) is 4. The van der Waals surface area contributed by atoms with Crippen LogP contribution in [0.15, 0.2) is 23.6 Å². The van der Waals surface area contributed by atoms with Crippen LogP contribution in [0.4, 0.5) is 0 Å². The Morgan fingerprint density at radius 2 is 2.14 bits per heavy atom. The molecule has 2 aromatic rings. The largest absolute Gasteiger partial charge is 0.356 e. The summed E-state index contributed by atoms with van der Waals surface area (Å²) < 4.78 is 2.25. The van der Waals surface area contributed by atoms with Crippen LogP contribution in [0, 0.1) is 19.8 Å². The van der Waals surface area contributed by atoms with Crippen molar-refractivity contribution in [2.24, 2.45) is 5.92 Å². The van der Waals surface area contributed by atoms with E-state index in [9.17, 15) is 9.59 Å². The Morgan fingerprint density at radius 3 is 2.86 bits per heavy atom. The molecule has 3 heterocycles. The summed E-state index contributed by atoms with van der Waals surface area (Å²) in [5, 5.41) is 5.02. The Hall–Kier alpha value is -1.92. The molecule has 1 unspecified atom stereocenters. The molecule has 1 aliphatic rings. The third-order valence-electron chi connectivity index (χ3n) is 5.63. The van der Waals surface area contributed by atoms with Crippen LogP contribution in [0.5, 0.6) is 0 Å². The molecule has 1 saturated heterocycles. The number of thiophene rings is 1. The van der Waals surface area contributed by atoms with Crippen LogP contribution in [-0.4, -0.2) is 47.3 Å². The third-order valence-corrected chi connectivity index (χ3v) is 6.57. The van der Waals surface area contributed by atoms with E-state index in [2.05, 4.69) is 39.2 Å². The fourth-order valence-electron chi connectivity index (χ4n) is 4.12. The maximum absolute atomic E-state index is 13.0. The van der Waals surface area contributed by atoms with Crippen molar-refractivity contribution in [3.63, 3.8) is 0 Å². The van der Waals surface area contributed by atoms with E-state index < -0.39 is 0 Å². The van der Waals surface area contributed by atoms with Crippen LogP contribution >= 0.6 is 11.3 Å². The Balaban J connectivity index is 1.62. The molecule has 0 saturated carbocycles. The summed E-state index contributed by atoms with van der Waals surface area (Å²) >= 11 is 1.78. The van der Waals surface area contributed by atoms with E-state index in [1.165, 1.54) is 4.88 Å². The first-order chi connectivity index (χ1) is 13.5. The highest BCUT2D eigenvalue weighted by Crippen LogP contribution is 2.21. The Morgan fingerprint density at radius 1 is 1.32 bits per heavy atom. The summed E-state index contributed by atoms with van der Waals surface area (Å²) in [4.78, 5) is 28.6. The molecule has 6 heteroatoms. The van der Waals surface area contributed by atoms with E-state index in [0.29, 0.717) is 19.6 Å². The average Bonchev–Trinajstić information content (AvgIpc) is 3.29. The highest BCUT2D eigenvalue weighted by atomic mass is 32.1. The molecule has 1 aliphatic heterocycles. The fraction of sp³-hybridized carbons (Fsp3) is 0.545. The van der Waals surface area contributed by atoms with Gasteiger partial charge in [-0.1, -0.05) is 6.07 Å². The van der Waals surface area contributed by atoms with E-state index >= 15 is 0 Å². The van der Waals surface area contributed by atoms with Gasteiger partial charge in [-0.15, -0.1) is 11.3 Å². The number of carbonyl (C=O) groups excluding carboxylic acids is 2. The predicted octanol–water partition coefficient (Wildman–Crippen LogP) is 3.44. The molecule has 0 spiro atoms. The Kier molecular flexibility index (Phi) is 7.08. The van der Waals surface area contributed by atoms with Crippen molar-refractivity contribution < 1.29 is 9.59 Å². The van der Waals surface area contributed by atoms with Gasteiger partial charge in [0.1, 0.15) is 0 Å². The van der Waals surface area contributed by atoms with Crippen LogP contribution in [0.1, 0.15) is 46.4 Å². The van der Waals surface area contributed by atoms with Gasteiger partial charge in [-0.25, -0.2) is 0 Å². The smallest absolute Gasteiger partial charge is 0.224 e. The van der Waals surface area contributed by atoms with Crippen LogP contribution in [0.3, 0.4) is 0 Å². The zero-order chi connectivity index (χ0) is 20.1. The summed E-state index contributed by atoms with van der Waals surface area (Å²) in [6.45, 7) is 9.57. The van der Waals surface area contributed by atoms with E-state index in [4.69, 9.17) is 0 Å². The number of amides is 1. The summed E-state index contributed by atoms with van der Waals surface area (Å²) in [5.74, 6) is 0.276. The lowest BCUT2D eigenvalue weighted by atomic mass is 9.96. The first kappa shape index (κ1) is 20.8. The third kappa shape index (κ3) is 4.92. The molecular weight excluding hydrogens is 370 g/mol. The number of piperidine rings is 1. The number of nitrogens with one attached hydrogen (secondary N) is 1. The van der Waals surface area contributed by atoms with Gasteiger partial charge in [-0.05, 0) is 64.1 Å². The summed E-state index contributed by atoms with van der Waals surface area (Å²) in [6.07, 6.45) is 2.87. The van der Waals surface area contributed by atoms with Crippen molar-refractivity contribution in [3.8, 4) is 0 Å². The molecule has 5 nitrogen and oxygen atoms in total. The highest BCUT2D eigenvalue weighted by Gasteiger charge is 2.27. The second kappa shape index (κ2) is 9.52. The minimum Gasteiger partial charge on any atom is -0.356 e. The lowest BCUT2D eigenvalue weighted by Crippen LogP contribution is -2.44. The minimum absolute atomic E-state index is 0.000253. The quantitative estimate of drug-likeness (QED) is 0.690. The number of carbonyl (C=O) groups is 2. The van der Waals surface area contributed by atoms with Gasteiger partial charge in [0.25, 0.3) is 0 Å². The molecule has 2 aromatic heterocycles. The number of likely N-dealkylation sites (tertiary alicyclic amines) is 1. The van der Waals surface area contributed by atoms with Crippen molar-refractivity contribution >= 4 is 23.0 Å². The van der Waals surface area contributed by atoms with Gasteiger partial charge < -0.3 is 9.88 Å². The first-order valence-corrected chi connectivity index (χ1v) is 11.1. The molecular formula is C22H31N3O2S. The lowest BCUT2D eigenvalue weighted by molar-refractivity contribution is -0.126. The summed E-state index contributed by atoms with van der Waals surface area (Å²) in [5.41, 5.74) is 3.01. The Labute approximate surface area is 171 Å². The second-order valence-electron chi connectivity index (χ2n) is 7.66. The van der Waals surface area contributed by atoms with Crippen LogP contribution in [0.25, 0.3) is 0 Å². The average molecular weight is 402 g/mol. The second-order valence-corrected chi connectivity index (χ2v) is 8.69. The number of hydrogen-bond donors (Lipinski definition) is 1. The predicted molar refractivity (Wildman–Crippen MR) is 114 cm³/mol. The highest BCUT2D eigenvalue weighted by molar-refractivity contribution is 7.09.